The summed E-state index contributed by atoms with van der Waals surface area (Å²) >= 11 is 0. The Morgan fingerprint density at radius 3 is 2.95 bits per heavy atom. The average Bonchev–Trinajstić information content (AvgIpc) is 3.02. The Morgan fingerprint density at radius 2 is 2.29 bits per heavy atom. The quantitative estimate of drug-likeness (QED) is 0.562. The lowest BCUT2D eigenvalue weighted by molar-refractivity contribution is -0.391. The first kappa shape index (κ1) is 13.2. The Kier molecular flexibility index (Phi) is 3.10. The van der Waals surface area contributed by atoms with E-state index in [9.17, 15) is 10.1 Å². The van der Waals surface area contributed by atoms with Crippen molar-refractivity contribution in [1.82, 2.24) is 24.4 Å². The van der Waals surface area contributed by atoms with Crippen LogP contribution in [0.25, 0.3) is 5.65 Å². The first-order valence-electron chi connectivity index (χ1n) is 6.32. The van der Waals surface area contributed by atoms with Crippen LogP contribution in [0.15, 0.2) is 30.6 Å². The Balaban J connectivity index is 2.03. The summed E-state index contributed by atoms with van der Waals surface area (Å²) in [6.45, 7) is 1.96. The van der Waals surface area contributed by atoms with Gasteiger partial charge in [-0.2, -0.15) is 4.40 Å². The summed E-state index contributed by atoms with van der Waals surface area (Å²) in [6.07, 6.45) is 3.27. The second-order valence-electron chi connectivity index (χ2n) is 4.70. The molecule has 3 rings (SSSR count). The molecule has 0 saturated heterocycles. The minimum atomic E-state index is -0.446. The highest BCUT2D eigenvalue weighted by atomic mass is 16.6. The molecule has 9 heteroatoms. The average molecular weight is 287 g/mol. The summed E-state index contributed by atoms with van der Waals surface area (Å²) in [7, 11) is 0. The lowest BCUT2D eigenvalue weighted by Gasteiger charge is -1.99. The third kappa shape index (κ3) is 2.34. The highest BCUT2D eigenvalue weighted by Gasteiger charge is 2.22. The molecular formula is C12H13N7O2. The standard InChI is InChI=1S/C12H13N7O2/c1-8(13)9-6-17(16-15-9)7-10-12(19(20)21)18-5-3-2-4-11(18)14-10/h2-6,8H,7,13H2,1H3. The van der Waals surface area contributed by atoms with Gasteiger partial charge >= 0.3 is 5.82 Å². The van der Waals surface area contributed by atoms with Crippen molar-refractivity contribution in [2.24, 2.45) is 5.73 Å². The van der Waals surface area contributed by atoms with Crippen molar-refractivity contribution in [1.29, 1.82) is 0 Å². The molecule has 21 heavy (non-hydrogen) atoms. The molecule has 0 fully saturated rings. The highest BCUT2D eigenvalue weighted by Crippen LogP contribution is 2.21. The van der Waals surface area contributed by atoms with Gasteiger partial charge < -0.3 is 15.8 Å². The number of hydrogen-bond donors (Lipinski definition) is 1. The van der Waals surface area contributed by atoms with Gasteiger partial charge in [0.1, 0.15) is 0 Å². The number of rotatable bonds is 4. The zero-order valence-electron chi connectivity index (χ0n) is 11.2. The molecule has 0 radical (unpaired) electrons. The van der Waals surface area contributed by atoms with Crippen LogP contribution in [0.4, 0.5) is 5.82 Å². The molecule has 3 aromatic heterocycles. The van der Waals surface area contributed by atoms with Gasteiger partial charge in [-0.1, -0.05) is 11.3 Å². The minimum absolute atomic E-state index is 0.0663. The van der Waals surface area contributed by atoms with Gasteiger partial charge in [0.2, 0.25) is 5.65 Å². The molecule has 0 amide bonds. The van der Waals surface area contributed by atoms with Gasteiger partial charge in [-0.3, -0.25) is 0 Å². The summed E-state index contributed by atoms with van der Waals surface area (Å²) in [5.74, 6) is -0.0663. The third-order valence-corrected chi connectivity index (χ3v) is 3.08. The van der Waals surface area contributed by atoms with Gasteiger partial charge in [-0.25, -0.2) is 9.67 Å². The lowest BCUT2D eigenvalue weighted by Crippen LogP contribution is -2.06. The number of nitro groups is 1. The zero-order chi connectivity index (χ0) is 15.0. The topological polar surface area (TPSA) is 117 Å². The number of hydrogen-bond acceptors (Lipinski definition) is 6. The second kappa shape index (κ2) is 4.94. The number of fused-ring (bicyclic) bond motifs is 1. The first-order valence-corrected chi connectivity index (χ1v) is 6.32. The lowest BCUT2D eigenvalue weighted by atomic mass is 10.3. The molecule has 108 valence electrons. The monoisotopic (exact) mass is 287 g/mol. The van der Waals surface area contributed by atoms with Crippen molar-refractivity contribution in [2.75, 3.05) is 0 Å². The van der Waals surface area contributed by atoms with E-state index >= 15 is 0 Å². The van der Waals surface area contributed by atoms with Crippen LogP contribution in [0.1, 0.15) is 24.4 Å². The Morgan fingerprint density at radius 1 is 1.48 bits per heavy atom. The number of nitrogens with zero attached hydrogens (tertiary/aromatic N) is 6. The first-order chi connectivity index (χ1) is 10.1. The number of aromatic nitrogens is 5. The highest BCUT2D eigenvalue weighted by molar-refractivity contribution is 5.48. The maximum atomic E-state index is 11.3. The maximum Gasteiger partial charge on any atom is 0.353 e. The molecule has 0 bridgehead atoms. The van der Waals surface area contributed by atoms with E-state index in [0.717, 1.165) is 0 Å². The van der Waals surface area contributed by atoms with Crippen molar-refractivity contribution < 1.29 is 4.92 Å². The van der Waals surface area contributed by atoms with Crippen LogP contribution < -0.4 is 5.73 Å². The molecule has 0 aliphatic carbocycles. The predicted octanol–water partition coefficient (Wildman–Crippen LogP) is 0.902. The molecule has 2 N–H and O–H groups in total. The van der Waals surface area contributed by atoms with E-state index < -0.39 is 4.92 Å². The fourth-order valence-electron chi connectivity index (χ4n) is 2.08. The van der Waals surface area contributed by atoms with Crippen LogP contribution in [0.3, 0.4) is 0 Å². The fraction of sp³-hybridized carbons (Fsp3) is 0.250. The van der Waals surface area contributed by atoms with E-state index in [2.05, 4.69) is 15.3 Å². The van der Waals surface area contributed by atoms with Gasteiger partial charge in [0.15, 0.2) is 5.69 Å². The summed E-state index contributed by atoms with van der Waals surface area (Å²) in [4.78, 5) is 15.1. The molecule has 0 aromatic carbocycles. The van der Waals surface area contributed by atoms with Crippen LogP contribution >= 0.6 is 0 Å². The third-order valence-electron chi connectivity index (χ3n) is 3.08. The Hall–Kier alpha value is -2.81. The molecule has 3 heterocycles. The molecule has 0 saturated carbocycles. The predicted molar refractivity (Wildman–Crippen MR) is 73.6 cm³/mol. The maximum absolute atomic E-state index is 11.3. The molecule has 9 nitrogen and oxygen atoms in total. The number of nitrogens with two attached hydrogens (primary N) is 1. The minimum Gasteiger partial charge on any atom is -0.358 e. The van der Waals surface area contributed by atoms with Crippen LogP contribution in [0.5, 0.6) is 0 Å². The number of imidazole rings is 1. The van der Waals surface area contributed by atoms with Gasteiger partial charge in [-0.05, 0) is 17.9 Å². The van der Waals surface area contributed by atoms with Crippen LogP contribution in [-0.4, -0.2) is 29.3 Å². The SMILES string of the molecule is CC(N)c1cn(Cc2nc3ccccn3c2[N+](=O)[O-])nn1. The summed E-state index contributed by atoms with van der Waals surface area (Å²) in [6, 6.07) is 4.97. The van der Waals surface area contributed by atoms with E-state index in [1.807, 2.05) is 0 Å². The van der Waals surface area contributed by atoms with Crippen LogP contribution in [0, 0.1) is 10.1 Å². The smallest absolute Gasteiger partial charge is 0.353 e. The molecule has 3 aromatic rings. The molecule has 1 atom stereocenters. The fourth-order valence-corrected chi connectivity index (χ4v) is 2.08. The second-order valence-corrected chi connectivity index (χ2v) is 4.70. The largest absolute Gasteiger partial charge is 0.358 e. The molecule has 1 unspecified atom stereocenters. The van der Waals surface area contributed by atoms with Gasteiger partial charge in [-0.15, -0.1) is 5.10 Å². The molecular weight excluding hydrogens is 274 g/mol. The van der Waals surface area contributed by atoms with Crippen molar-refractivity contribution in [3.8, 4) is 0 Å². The van der Waals surface area contributed by atoms with Crippen molar-refractivity contribution in [3.63, 3.8) is 0 Å². The van der Waals surface area contributed by atoms with E-state index in [-0.39, 0.29) is 18.4 Å². The van der Waals surface area contributed by atoms with Crippen molar-refractivity contribution >= 4 is 11.5 Å². The molecule has 0 spiro atoms. The summed E-state index contributed by atoms with van der Waals surface area (Å²) in [5.41, 5.74) is 7.19. The van der Waals surface area contributed by atoms with Crippen LogP contribution in [0.2, 0.25) is 0 Å². The van der Waals surface area contributed by atoms with E-state index in [4.69, 9.17) is 5.73 Å². The van der Waals surface area contributed by atoms with E-state index in [1.54, 1.807) is 37.5 Å². The summed E-state index contributed by atoms with van der Waals surface area (Å²) < 4.78 is 2.94. The Labute approximate surface area is 119 Å². The van der Waals surface area contributed by atoms with Gasteiger partial charge in [0, 0.05) is 12.1 Å². The molecule has 0 aliphatic rings. The van der Waals surface area contributed by atoms with Crippen LogP contribution in [-0.2, 0) is 6.54 Å². The molecule has 0 aliphatic heterocycles. The Bertz CT molecular complexity index is 805. The number of pyridine rings is 1. The van der Waals surface area contributed by atoms with Gasteiger partial charge in [0.05, 0.1) is 24.6 Å². The van der Waals surface area contributed by atoms with Gasteiger partial charge in [0.25, 0.3) is 0 Å². The van der Waals surface area contributed by atoms with Crippen molar-refractivity contribution in [3.05, 3.63) is 52.1 Å². The van der Waals surface area contributed by atoms with E-state index in [0.29, 0.717) is 17.0 Å². The van der Waals surface area contributed by atoms with Crippen molar-refractivity contribution in [2.45, 2.75) is 19.5 Å². The zero-order valence-corrected chi connectivity index (χ0v) is 11.2. The normalized spacial score (nSPS) is 12.7. The van der Waals surface area contributed by atoms with E-state index in [1.165, 1.54) is 9.08 Å². The summed E-state index contributed by atoms with van der Waals surface area (Å²) in [5, 5.41) is 19.1.